The van der Waals surface area contributed by atoms with Crippen molar-refractivity contribution in [3.63, 3.8) is 0 Å². The van der Waals surface area contributed by atoms with Gasteiger partial charge in [0.15, 0.2) is 12.0 Å². The number of fused-ring (bicyclic) bond motifs is 8. The molecule has 0 aromatic heterocycles. The van der Waals surface area contributed by atoms with Crippen molar-refractivity contribution in [1.29, 1.82) is 0 Å². The molecule has 5 aliphatic rings. The van der Waals surface area contributed by atoms with E-state index in [0.717, 1.165) is 0 Å². The molecule has 4 bridgehead atoms. The number of carbonyl (C=O) groups is 1. The molecule has 9 nitrogen and oxygen atoms in total. The lowest BCUT2D eigenvalue weighted by molar-refractivity contribution is -0.276. The van der Waals surface area contributed by atoms with Crippen LogP contribution in [0.5, 0.6) is 0 Å². The van der Waals surface area contributed by atoms with Crippen LogP contribution in [0.2, 0.25) is 0 Å². The molecular weight excluding hydrogens is 318 g/mol. The Bertz CT molecular complexity index is 664. The smallest absolute Gasteiger partial charge is 0.346 e. The number of hydrogen-bond donors (Lipinski definition) is 1. The summed E-state index contributed by atoms with van der Waals surface area (Å²) in [4.78, 5) is 17.5. The average Bonchev–Trinajstić information content (AvgIpc) is 3.07. The van der Waals surface area contributed by atoms with Gasteiger partial charge < -0.3 is 29.0 Å². The topological polar surface area (TPSA) is 90.9 Å². The minimum Gasteiger partial charge on any atom is -0.346 e. The molecule has 1 spiro atoms. The highest BCUT2D eigenvalue weighted by Gasteiger charge is 2.67. The minimum atomic E-state index is -1.34. The molecule has 0 aromatic rings. The molecule has 0 radical (unpaired) electrons. The van der Waals surface area contributed by atoms with E-state index in [4.69, 9.17) is 23.7 Å². The molecular formula is C15H19N3O6. The van der Waals surface area contributed by atoms with Crippen molar-refractivity contribution in [2.45, 2.75) is 63.2 Å². The van der Waals surface area contributed by atoms with Gasteiger partial charge in [0.1, 0.15) is 30.3 Å². The molecule has 5 rings (SSSR count). The lowest BCUT2D eigenvalue weighted by Gasteiger charge is -2.40. The van der Waals surface area contributed by atoms with E-state index in [1.165, 1.54) is 6.92 Å². The number of amidine groups is 1. The second-order valence-electron chi connectivity index (χ2n) is 6.97. The van der Waals surface area contributed by atoms with Crippen LogP contribution in [-0.4, -0.2) is 65.7 Å². The third-order valence-corrected chi connectivity index (χ3v) is 4.73. The summed E-state index contributed by atoms with van der Waals surface area (Å²) in [5, 5.41) is 2.66. The number of nitrogens with zero attached hydrogens (tertiary/aromatic N) is 2. The maximum Gasteiger partial charge on any atom is 0.365 e. The zero-order valence-corrected chi connectivity index (χ0v) is 13.6. The molecule has 6 atom stereocenters. The van der Waals surface area contributed by atoms with Crippen molar-refractivity contribution in [3.05, 3.63) is 12.3 Å². The summed E-state index contributed by atoms with van der Waals surface area (Å²) in [6.45, 7) is 5.53. The Kier molecular flexibility index (Phi) is 2.81. The van der Waals surface area contributed by atoms with E-state index < -0.39 is 18.0 Å². The second-order valence-corrected chi connectivity index (χ2v) is 6.97. The number of carbonyl (C=O) groups excluding carboxylic acids is 1. The van der Waals surface area contributed by atoms with E-state index in [2.05, 4.69) is 10.3 Å². The maximum absolute atomic E-state index is 11.3. The number of hydrogen-bond acceptors (Lipinski definition) is 8. The lowest BCUT2D eigenvalue weighted by atomic mass is 10.1. The quantitative estimate of drug-likeness (QED) is 0.645. The van der Waals surface area contributed by atoms with Crippen LogP contribution in [0.4, 0.5) is 0 Å². The average molecular weight is 337 g/mol. The van der Waals surface area contributed by atoms with Gasteiger partial charge in [-0.2, -0.15) is 4.99 Å². The largest absolute Gasteiger partial charge is 0.365 e. The Hall–Kier alpha value is -1.52. The van der Waals surface area contributed by atoms with Crippen LogP contribution < -0.4 is 5.32 Å². The monoisotopic (exact) mass is 337 g/mol. The molecule has 130 valence electrons. The van der Waals surface area contributed by atoms with Crippen LogP contribution in [0.25, 0.3) is 0 Å². The summed E-state index contributed by atoms with van der Waals surface area (Å²) in [5.41, 5.74) is 0. The summed E-state index contributed by atoms with van der Waals surface area (Å²) >= 11 is 0. The normalized spacial score (nSPS) is 47.0. The molecule has 5 aliphatic heterocycles. The van der Waals surface area contributed by atoms with E-state index in [1.54, 1.807) is 17.2 Å². The first-order valence-electron chi connectivity index (χ1n) is 8.04. The first-order valence-corrected chi connectivity index (χ1v) is 8.04. The van der Waals surface area contributed by atoms with Gasteiger partial charge in [-0.15, -0.1) is 0 Å². The predicted molar refractivity (Wildman–Crippen MR) is 78.3 cm³/mol. The fourth-order valence-electron chi connectivity index (χ4n) is 3.93. The van der Waals surface area contributed by atoms with Gasteiger partial charge in [-0.3, -0.25) is 9.69 Å². The summed E-state index contributed by atoms with van der Waals surface area (Å²) in [6, 6.07) is -1.34. The van der Waals surface area contributed by atoms with Gasteiger partial charge in [0.25, 0.3) is 0 Å². The second kappa shape index (κ2) is 4.55. The van der Waals surface area contributed by atoms with Gasteiger partial charge in [-0.1, -0.05) is 0 Å². The van der Waals surface area contributed by atoms with E-state index in [0.29, 0.717) is 12.4 Å². The summed E-state index contributed by atoms with van der Waals surface area (Å²) < 4.78 is 30.2. The van der Waals surface area contributed by atoms with Crippen LogP contribution in [0.1, 0.15) is 20.8 Å². The Morgan fingerprint density at radius 1 is 1.29 bits per heavy atom. The van der Waals surface area contributed by atoms with E-state index in [1.807, 2.05) is 13.8 Å². The van der Waals surface area contributed by atoms with E-state index >= 15 is 0 Å². The summed E-state index contributed by atoms with van der Waals surface area (Å²) in [7, 11) is 0. The standard InChI is InChI=1S/C15H19N3O6/c1-7(19)16-9-4-5-18-13-12-11(23-14(2,3)24-12)10(21-13)8-6-20-15(18,17-9)22-8/h4-5,8,10-13H,6H2,1-3H3,(H,16,17,19). The molecule has 4 fully saturated rings. The Morgan fingerprint density at radius 2 is 2.08 bits per heavy atom. The zero-order valence-electron chi connectivity index (χ0n) is 13.6. The number of aliphatic imine (C=N–C) groups is 1. The van der Waals surface area contributed by atoms with Gasteiger partial charge in [-0.25, -0.2) is 0 Å². The third-order valence-electron chi connectivity index (χ3n) is 4.73. The highest BCUT2D eigenvalue weighted by Crippen LogP contribution is 2.49. The fourth-order valence-corrected chi connectivity index (χ4v) is 3.93. The van der Waals surface area contributed by atoms with Gasteiger partial charge in [0.05, 0.1) is 6.61 Å². The number of ether oxygens (including phenoxy) is 5. The molecule has 0 saturated carbocycles. The minimum absolute atomic E-state index is 0.210. The van der Waals surface area contributed by atoms with Crippen LogP contribution in [0.15, 0.2) is 17.3 Å². The van der Waals surface area contributed by atoms with Crippen molar-refractivity contribution in [3.8, 4) is 0 Å². The van der Waals surface area contributed by atoms with Crippen LogP contribution in [-0.2, 0) is 28.5 Å². The molecule has 1 N–H and O–H groups in total. The SMILES string of the molecule is CC(=O)NC1=NC23OCC(O2)C2OC(C4OC(C)(C)OC24)N3C=C1. The molecule has 0 aliphatic carbocycles. The molecule has 5 heterocycles. The number of nitrogens with one attached hydrogen (secondary N) is 1. The predicted octanol–water partition coefficient (Wildman–Crippen LogP) is -0.364. The molecule has 0 aromatic carbocycles. The first kappa shape index (κ1) is 14.8. The summed E-state index contributed by atoms with van der Waals surface area (Å²) in [5.74, 6) is -0.492. The van der Waals surface area contributed by atoms with Crippen LogP contribution in [0, 0.1) is 0 Å². The highest BCUT2D eigenvalue weighted by molar-refractivity contribution is 6.04. The highest BCUT2D eigenvalue weighted by atomic mass is 16.8. The number of amides is 1. The lowest BCUT2D eigenvalue weighted by Crippen LogP contribution is -2.57. The molecule has 6 unspecified atom stereocenters. The van der Waals surface area contributed by atoms with E-state index in [9.17, 15) is 4.79 Å². The molecule has 1 amide bonds. The fraction of sp³-hybridized carbons (Fsp3) is 0.733. The zero-order chi connectivity index (χ0) is 16.7. The van der Waals surface area contributed by atoms with Crippen molar-refractivity contribution >= 4 is 11.7 Å². The van der Waals surface area contributed by atoms with Gasteiger partial charge in [0.2, 0.25) is 5.91 Å². The van der Waals surface area contributed by atoms with Gasteiger partial charge >= 0.3 is 6.03 Å². The Morgan fingerprint density at radius 3 is 2.88 bits per heavy atom. The maximum atomic E-state index is 11.3. The number of rotatable bonds is 0. The molecule has 9 heteroatoms. The summed E-state index contributed by atoms with van der Waals surface area (Å²) in [6.07, 6.45) is 1.91. The van der Waals surface area contributed by atoms with Crippen molar-refractivity contribution in [2.24, 2.45) is 4.99 Å². The van der Waals surface area contributed by atoms with Crippen molar-refractivity contribution in [2.75, 3.05) is 6.61 Å². The molecule has 24 heavy (non-hydrogen) atoms. The Labute approximate surface area is 138 Å². The Balaban J connectivity index is 1.53. The van der Waals surface area contributed by atoms with Gasteiger partial charge in [-0.05, 0) is 19.9 Å². The molecule has 4 saturated heterocycles. The van der Waals surface area contributed by atoms with Crippen molar-refractivity contribution < 1.29 is 28.5 Å². The van der Waals surface area contributed by atoms with Crippen LogP contribution in [0.3, 0.4) is 0 Å². The first-order chi connectivity index (χ1) is 11.4. The van der Waals surface area contributed by atoms with Crippen molar-refractivity contribution in [1.82, 2.24) is 10.2 Å². The third kappa shape index (κ3) is 1.93. The van der Waals surface area contributed by atoms with Gasteiger partial charge in [0, 0.05) is 13.1 Å². The van der Waals surface area contributed by atoms with E-state index in [-0.39, 0.29) is 30.3 Å². The van der Waals surface area contributed by atoms with Crippen LogP contribution >= 0.6 is 0 Å².